The predicted octanol–water partition coefficient (Wildman–Crippen LogP) is 2.13. The summed E-state index contributed by atoms with van der Waals surface area (Å²) >= 11 is 0. The average molecular weight is 296 g/mol. The van der Waals surface area contributed by atoms with Crippen molar-refractivity contribution in [2.45, 2.75) is 12.8 Å². The van der Waals surface area contributed by atoms with E-state index in [1.807, 2.05) is 12.1 Å². The smallest absolute Gasteiger partial charge is 0.271 e. The first kappa shape index (κ1) is 14.1. The van der Waals surface area contributed by atoms with Crippen LogP contribution in [0.2, 0.25) is 0 Å². The van der Waals surface area contributed by atoms with Gasteiger partial charge in [0.25, 0.3) is 5.91 Å². The number of hydrazone groups is 1. The van der Waals surface area contributed by atoms with Crippen LogP contribution in [0.25, 0.3) is 0 Å². The van der Waals surface area contributed by atoms with Gasteiger partial charge in [0.1, 0.15) is 0 Å². The molecular weight excluding hydrogens is 280 g/mol. The standard InChI is InChI=1S/C16H16N4O2/c21-15(11-3-4-11)19-13-7-5-12(6-8-13)16(22)20-18-10-14-2-1-9-17-14/h1-2,5-11,17H,3-4H2,(H,19,21)(H,20,22)/b18-10+. The Balaban J connectivity index is 1.55. The minimum absolute atomic E-state index is 0.0488. The molecule has 1 fully saturated rings. The minimum Gasteiger partial charge on any atom is -0.360 e. The molecule has 0 bridgehead atoms. The summed E-state index contributed by atoms with van der Waals surface area (Å²) in [6.45, 7) is 0. The SMILES string of the molecule is O=C(N/N=C/c1ccc[nH]1)c1ccc(NC(=O)C2CC2)cc1. The zero-order valence-corrected chi connectivity index (χ0v) is 11.9. The fourth-order valence-corrected chi connectivity index (χ4v) is 1.94. The third-order valence-electron chi connectivity index (χ3n) is 3.35. The Bertz CT molecular complexity index is 685. The van der Waals surface area contributed by atoms with Crippen LogP contribution in [-0.4, -0.2) is 23.0 Å². The molecule has 0 saturated heterocycles. The van der Waals surface area contributed by atoms with E-state index in [9.17, 15) is 9.59 Å². The van der Waals surface area contributed by atoms with Gasteiger partial charge in [0.15, 0.2) is 0 Å². The number of rotatable bonds is 5. The third-order valence-corrected chi connectivity index (χ3v) is 3.35. The lowest BCUT2D eigenvalue weighted by Gasteiger charge is -2.05. The fraction of sp³-hybridized carbons (Fsp3) is 0.188. The van der Waals surface area contributed by atoms with Crippen LogP contribution < -0.4 is 10.7 Å². The van der Waals surface area contributed by atoms with E-state index in [1.165, 1.54) is 6.21 Å². The molecule has 1 heterocycles. The van der Waals surface area contributed by atoms with Crippen molar-refractivity contribution in [3.05, 3.63) is 53.9 Å². The molecule has 1 aromatic heterocycles. The van der Waals surface area contributed by atoms with Gasteiger partial charge in [0, 0.05) is 23.4 Å². The summed E-state index contributed by atoms with van der Waals surface area (Å²) in [4.78, 5) is 26.5. The fourth-order valence-electron chi connectivity index (χ4n) is 1.94. The normalized spacial score (nSPS) is 14.0. The number of carbonyl (C=O) groups excluding carboxylic acids is 2. The highest BCUT2D eigenvalue weighted by Gasteiger charge is 2.29. The van der Waals surface area contributed by atoms with Crippen molar-refractivity contribution in [1.82, 2.24) is 10.4 Å². The molecule has 22 heavy (non-hydrogen) atoms. The molecule has 0 radical (unpaired) electrons. The van der Waals surface area contributed by atoms with Crippen LogP contribution in [0, 0.1) is 5.92 Å². The van der Waals surface area contributed by atoms with Crippen molar-refractivity contribution in [1.29, 1.82) is 0 Å². The van der Waals surface area contributed by atoms with E-state index >= 15 is 0 Å². The summed E-state index contributed by atoms with van der Waals surface area (Å²) in [6, 6.07) is 10.4. The zero-order chi connectivity index (χ0) is 15.4. The van der Waals surface area contributed by atoms with Crippen molar-refractivity contribution in [2.24, 2.45) is 11.0 Å². The van der Waals surface area contributed by atoms with Crippen LogP contribution in [0.15, 0.2) is 47.7 Å². The molecule has 0 atom stereocenters. The van der Waals surface area contributed by atoms with Crippen LogP contribution in [-0.2, 0) is 4.79 Å². The van der Waals surface area contributed by atoms with Gasteiger partial charge in [-0.15, -0.1) is 0 Å². The maximum absolute atomic E-state index is 11.9. The maximum Gasteiger partial charge on any atom is 0.271 e. The van der Waals surface area contributed by atoms with Crippen molar-refractivity contribution in [3.63, 3.8) is 0 Å². The van der Waals surface area contributed by atoms with Crippen LogP contribution in [0.5, 0.6) is 0 Å². The number of nitrogens with zero attached hydrogens (tertiary/aromatic N) is 1. The highest BCUT2D eigenvalue weighted by atomic mass is 16.2. The lowest BCUT2D eigenvalue weighted by molar-refractivity contribution is -0.117. The number of hydrogen-bond acceptors (Lipinski definition) is 3. The number of amides is 2. The Morgan fingerprint density at radius 1 is 1.18 bits per heavy atom. The molecule has 0 aliphatic heterocycles. The summed E-state index contributed by atoms with van der Waals surface area (Å²) in [5.74, 6) is -0.0964. The summed E-state index contributed by atoms with van der Waals surface area (Å²) < 4.78 is 0. The van der Waals surface area contributed by atoms with Crippen LogP contribution in [0.1, 0.15) is 28.9 Å². The van der Waals surface area contributed by atoms with Crippen molar-refractivity contribution in [3.8, 4) is 0 Å². The molecule has 2 amide bonds. The maximum atomic E-state index is 11.9. The molecule has 1 saturated carbocycles. The first-order valence-corrected chi connectivity index (χ1v) is 7.10. The monoisotopic (exact) mass is 296 g/mol. The second-order valence-corrected chi connectivity index (χ2v) is 5.17. The van der Waals surface area contributed by atoms with E-state index in [4.69, 9.17) is 0 Å². The Kier molecular flexibility index (Phi) is 4.00. The van der Waals surface area contributed by atoms with E-state index in [1.54, 1.807) is 30.5 Å². The van der Waals surface area contributed by atoms with Crippen molar-refractivity contribution < 1.29 is 9.59 Å². The van der Waals surface area contributed by atoms with Gasteiger partial charge in [-0.05, 0) is 49.2 Å². The van der Waals surface area contributed by atoms with Crippen molar-refractivity contribution >= 4 is 23.7 Å². The average Bonchev–Trinajstić information content (AvgIpc) is 3.26. The lowest BCUT2D eigenvalue weighted by Crippen LogP contribution is -2.18. The van der Waals surface area contributed by atoms with Gasteiger partial charge in [0.05, 0.1) is 11.9 Å². The molecule has 0 unspecified atom stereocenters. The van der Waals surface area contributed by atoms with Crippen LogP contribution in [0.4, 0.5) is 5.69 Å². The van der Waals surface area contributed by atoms with Crippen LogP contribution >= 0.6 is 0 Å². The first-order chi connectivity index (χ1) is 10.7. The van der Waals surface area contributed by atoms with E-state index in [0.717, 1.165) is 18.5 Å². The van der Waals surface area contributed by atoms with Gasteiger partial charge in [-0.3, -0.25) is 9.59 Å². The second kappa shape index (κ2) is 6.26. The van der Waals surface area contributed by atoms with Gasteiger partial charge in [-0.25, -0.2) is 5.43 Å². The van der Waals surface area contributed by atoms with Gasteiger partial charge in [-0.2, -0.15) is 5.10 Å². The zero-order valence-electron chi connectivity index (χ0n) is 11.9. The van der Waals surface area contributed by atoms with E-state index in [2.05, 4.69) is 20.8 Å². The number of nitrogens with one attached hydrogen (secondary N) is 3. The Morgan fingerprint density at radius 2 is 1.95 bits per heavy atom. The number of hydrogen-bond donors (Lipinski definition) is 3. The molecule has 3 N–H and O–H groups in total. The van der Waals surface area contributed by atoms with Gasteiger partial charge < -0.3 is 10.3 Å². The Labute approximate surface area is 127 Å². The summed E-state index contributed by atoms with van der Waals surface area (Å²) in [5.41, 5.74) is 4.43. The van der Waals surface area contributed by atoms with Crippen molar-refractivity contribution in [2.75, 3.05) is 5.32 Å². The number of aromatic amines is 1. The molecule has 2 aromatic rings. The number of aromatic nitrogens is 1. The number of anilines is 1. The number of carbonyl (C=O) groups is 2. The molecule has 1 aliphatic carbocycles. The minimum atomic E-state index is -0.303. The highest BCUT2D eigenvalue weighted by molar-refractivity contribution is 5.97. The summed E-state index contributed by atoms with van der Waals surface area (Å²) in [5, 5.41) is 6.69. The molecule has 1 aromatic carbocycles. The largest absolute Gasteiger partial charge is 0.360 e. The Morgan fingerprint density at radius 3 is 2.59 bits per heavy atom. The summed E-state index contributed by atoms with van der Waals surface area (Å²) in [7, 11) is 0. The quantitative estimate of drug-likeness (QED) is 0.583. The van der Waals surface area contributed by atoms with Gasteiger partial charge >= 0.3 is 0 Å². The molecule has 1 aliphatic rings. The highest BCUT2D eigenvalue weighted by Crippen LogP contribution is 2.30. The van der Waals surface area contributed by atoms with E-state index in [-0.39, 0.29) is 17.7 Å². The number of benzene rings is 1. The van der Waals surface area contributed by atoms with Crippen LogP contribution in [0.3, 0.4) is 0 Å². The number of H-pyrrole nitrogens is 1. The first-order valence-electron chi connectivity index (χ1n) is 7.10. The van der Waals surface area contributed by atoms with E-state index in [0.29, 0.717) is 11.3 Å². The molecular formula is C16H16N4O2. The Hall–Kier alpha value is -2.89. The molecule has 0 spiro atoms. The predicted molar refractivity (Wildman–Crippen MR) is 83.6 cm³/mol. The molecule has 6 nitrogen and oxygen atoms in total. The second-order valence-electron chi connectivity index (χ2n) is 5.17. The molecule has 6 heteroatoms. The molecule has 3 rings (SSSR count). The lowest BCUT2D eigenvalue weighted by atomic mass is 10.2. The topological polar surface area (TPSA) is 86.3 Å². The van der Waals surface area contributed by atoms with Gasteiger partial charge in [0.2, 0.25) is 5.91 Å². The third kappa shape index (κ3) is 3.60. The summed E-state index contributed by atoms with van der Waals surface area (Å²) in [6.07, 6.45) is 5.23. The molecule has 112 valence electrons. The van der Waals surface area contributed by atoms with E-state index < -0.39 is 0 Å². The van der Waals surface area contributed by atoms with Gasteiger partial charge in [-0.1, -0.05) is 0 Å².